The minimum atomic E-state index is -0.662. The lowest BCUT2D eigenvalue weighted by molar-refractivity contribution is -0.143. The molecule has 0 heterocycles. The standard InChI is InChI=1S/C57H111NO5/c1-3-5-7-9-11-13-14-15-16-21-25-28-31-35-39-43-47-51-57(62)63-52-48-44-40-36-32-29-26-23-20-18-17-19-22-24-27-30-34-38-42-46-50-56(61)58-54(53-59)55(60)49-45-41-37-33-12-10-8-6-4-2/h15-16,54-55,59-60H,3-14,17-53H2,1-2H3,(H,58,61)/b16-15-. The fourth-order valence-corrected chi connectivity index (χ4v) is 8.93. The molecule has 2 unspecified atom stereocenters. The molecule has 0 aromatic heterocycles. The molecule has 0 bridgehead atoms. The quantitative estimate of drug-likeness (QED) is 0.0321. The van der Waals surface area contributed by atoms with Gasteiger partial charge in [0, 0.05) is 12.8 Å². The van der Waals surface area contributed by atoms with Crippen LogP contribution in [0.3, 0.4) is 0 Å². The van der Waals surface area contributed by atoms with Gasteiger partial charge in [0.1, 0.15) is 0 Å². The Morgan fingerprint density at radius 1 is 0.429 bits per heavy atom. The van der Waals surface area contributed by atoms with E-state index in [1.54, 1.807) is 0 Å². The van der Waals surface area contributed by atoms with E-state index in [1.165, 1.54) is 238 Å². The summed E-state index contributed by atoms with van der Waals surface area (Å²) in [6, 6.07) is -0.540. The van der Waals surface area contributed by atoms with Gasteiger partial charge in [-0.2, -0.15) is 0 Å². The predicted octanol–water partition coefficient (Wildman–Crippen LogP) is 17.3. The summed E-state index contributed by atoms with van der Waals surface area (Å²) >= 11 is 0. The van der Waals surface area contributed by atoms with Gasteiger partial charge in [-0.25, -0.2) is 0 Å². The van der Waals surface area contributed by atoms with Crippen LogP contribution in [-0.2, 0) is 14.3 Å². The van der Waals surface area contributed by atoms with Gasteiger partial charge in [0.2, 0.25) is 5.91 Å². The van der Waals surface area contributed by atoms with E-state index in [1.807, 2.05) is 0 Å². The van der Waals surface area contributed by atoms with Crippen LogP contribution in [0.1, 0.15) is 316 Å². The van der Waals surface area contributed by atoms with Crippen molar-refractivity contribution in [3.63, 3.8) is 0 Å². The molecule has 0 saturated heterocycles. The van der Waals surface area contributed by atoms with Crippen LogP contribution in [0.5, 0.6) is 0 Å². The molecule has 3 N–H and O–H groups in total. The summed E-state index contributed by atoms with van der Waals surface area (Å²) in [7, 11) is 0. The number of amides is 1. The first kappa shape index (κ1) is 61.6. The summed E-state index contributed by atoms with van der Waals surface area (Å²) in [5.41, 5.74) is 0. The molecule has 63 heavy (non-hydrogen) atoms. The Labute approximate surface area is 393 Å². The Kier molecular flexibility index (Phi) is 52.0. The summed E-state index contributed by atoms with van der Waals surface area (Å²) in [4.78, 5) is 24.5. The molecule has 0 radical (unpaired) electrons. The number of carbonyl (C=O) groups excluding carboxylic acids is 2. The van der Waals surface area contributed by atoms with E-state index in [0.29, 0.717) is 25.9 Å². The van der Waals surface area contributed by atoms with Crippen molar-refractivity contribution in [1.29, 1.82) is 0 Å². The minimum absolute atomic E-state index is 0.00749. The van der Waals surface area contributed by atoms with Gasteiger partial charge in [-0.3, -0.25) is 9.59 Å². The van der Waals surface area contributed by atoms with Crippen molar-refractivity contribution in [1.82, 2.24) is 5.32 Å². The van der Waals surface area contributed by atoms with Crippen LogP contribution in [0.25, 0.3) is 0 Å². The molecule has 0 fully saturated rings. The van der Waals surface area contributed by atoms with Crippen molar-refractivity contribution in [2.24, 2.45) is 0 Å². The van der Waals surface area contributed by atoms with Gasteiger partial charge < -0.3 is 20.3 Å². The molecular formula is C57H111NO5. The minimum Gasteiger partial charge on any atom is -0.466 e. The fraction of sp³-hybridized carbons (Fsp3) is 0.930. The number of unbranched alkanes of at least 4 members (excludes halogenated alkanes) is 40. The lowest BCUT2D eigenvalue weighted by Gasteiger charge is -2.22. The zero-order chi connectivity index (χ0) is 45.8. The third-order valence-corrected chi connectivity index (χ3v) is 13.3. The summed E-state index contributed by atoms with van der Waals surface area (Å²) < 4.78 is 5.49. The monoisotopic (exact) mass is 890 g/mol. The topological polar surface area (TPSA) is 95.9 Å². The smallest absolute Gasteiger partial charge is 0.305 e. The maximum absolute atomic E-state index is 12.4. The first-order valence-corrected chi connectivity index (χ1v) is 28.4. The van der Waals surface area contributed by atoms with Crippen LogP contribution in [0.4, 0.5) is 0 Å². The molecule has 1 amide bonds. The number of hydrogen-bond donors (Lipinski definition) is 3. The van der Waals surface area contributed by atoms with Crippen LogP contribution in [0.2, 0.25) is 0 Å². The average Bonchev–Trinajstić information content (AvgIpc) is 3.28. The van der Waals surface area contributed by atoms with Gasteiger partial charge in [-0.15, -0.1) is 0 Å². The molecule has 0 aromatic carbocycles. The number of ether oxygens (including phenoxy) is 1. The second kappa shape index (κ2) is 53.2. The highest BCUT2D eigenvalue weighted by molar-refractivity contribution is 5.76. The first-order chi connectivity index (χ1) is 31.0. The van der Waals surface area contributed by atoms with Crippen molar-refractivity contribution in [2.45, 2.75) is 328 Å². The molecule has 0 aliphatic rings. The van der Waals surface area contributed by atoms with E-state index in [0.717, 1.165) is 44.9 Å². The van der Waals surface area contributed by atoms with E-state index >= 15 is 0 Å². The second-order valence-electron chi connectivity index (χ2n) is 19.6. The van der Waals surface area contributed by atoms with Gasteiger partial charge in [0.25, 0.3) is 0 Å². The molecule has 374 valence electrons. The molecular weight excluding hydrogens is 779 g/mol. The lowest BCUT2D eigenvalue weighted by atomic mass is 10.0. The highest BCUT2D eigenvalue weighted by Gasteiger charge is 2.20. The van der Waals surface area contributed by atoms with Crippen molar-refractivity contribution >= 4 is 11.9 Å². The number of hydrogen-bond acceptors (Lipinski definition) is 5. The summed E-state index contributed by atoms with van der Waals surface area (Å²) in [6.45, 7) is 4.93. The van der Waals surface area contributed by atoms with Crippen LogP contribution >= 0.6 is 0 Å². The van der Waals surface area contributed by atoms with Crippen LogP contribution in [-0.4, -0.2) is 47.4 Å². The highest BCUT2D eigenvalue weighted by atomic mass is 16.5. The Bertz CT molecular complexity index is 939. The van der Waals surface area contributed by atoms with E-state index < -0.39 is 12.1 Å². The Hall–Kier alpha value is -1.40. The number of allylic oxidation sites excluding steroid dienone is 2. The zero-order valence-electron chi connectivity index (χ0n) is 42.6. The fourth-order valence-electron chi connectivity index (χ4n) is 8.93. The van der Waals surface area contributed by atoms with Gasteiger partial charge in [-0.05, 0) is 51.4 Å². The third kappa shape index (κ3) is 49.9. The molecule has 6 nitrogen and oxygen atoms in total. The average molecular weight is 891 g/mol. The number of aliphatic hydroxyl groups is 2. The maximum Gasteiger partial charge on any atom is 0.305 e. The van der Waals surface area contributed by atoms with Crippen LogP contribution < -0.4 is 5.32 Å². The maximum atomic E-state index is 12.4. The Balaban J connectivity index is 3.35. The SMILES string of the molecule is CCCCCCCC/C=C\CCCCCCCCCC(=O)OCCCCCCCCCCCCCCCCCCCCCCC(=O)NC(CO)C(O)CCCCCCCCCCC. The first-order valence-electron chi connectivity index (χ1n) is 28.4. The molecule has 0 rings (SSSR count). The van der Waals surface area contributed by atoms with Gasteiger partial charge in [0.05, 0.1) is 25.4 Å². The van der Waals surface area contributed by atoms with E-state index in [2.05, 4.69) is 31.3 Å². The van der Waals surface area contributed by atoms with Crippen molar-refractivity contribution in [2.75, 3.05) is 13.2 Å². The van der Waals surface area contributed by atoms with E-state index in [4.69, 9.17) is 4.74 Å². The van der Waals surface area contributed by atoms with Crippen molar-refractivity contribution < 1.29 is 24.5 Å². The molecule has 2 atom stereocenters. The van der Waals surface area contributed by atoms with Crippen molar-refractivity contribution in [3.05, 3.63) is 12.2 Å². The van der Waals surface area contributed by atoms with E-state index in [-0.39, 0.29) is 18.5 Å². The second-order valence-corrected chi connectivity index (χ2v) is 19.6. The van der Waals surface area contributed by atoms with Gasteiger partial charge in [0.15, 0.2) is 0 Å². The largest absolute Gasteiger partial charge is 0.466 e. The number of esters is 1. The number of rotatable bonds is 53. The summed E-state index contributed by atoms with van der Waals surface area (Å²) in [5.74, 6) is -0.0309. The lowest BCUT2D eigenvalue weighted by Crippen LogP contribution is -2.45. The predicted molar refractivity (Wildman–Crippen MR) is 273 cm³/mol. The zero-order valence-corrected chi connectivity index (χ0v) is 42.6. The molecule has 0 spiro atoms. The molecule has 0 aliphatic carbocycles. The van der Waals surface area contributed by atoms with Gasteiger partial charge >= 0.3 is 5.97 Å². The van der Waals surface area contributed by atoms with Crippen LogP contribution in [0.15, 0.2) is 12.2 Å². The molecule has 0 saturated carbocycles. The highest BCUT2D eigenvalue weighted by Crippen LogP contribution is 2.17. The number of aliphatic hydroxyl groups excluding tert-OH is 2. The van der Waals surface area contributed by atoms with Gasteiger partial charge in [-0.1, -0.05) is 264 Å². The Morgan fingerprint density at radius 2 is 0.746 bits per heavy atom. The summed E-state index contributed by atoms with van der Waals surface area (Å²) in [6.07, 6.45) is 62.1. The molecule has 0 aromatic rings. The number of nitrogens with one attached hydrogen (secondary N) is 1. The molecule has 0 aliphatic heterocycles. The Morgan fingerprint density at radius 3 is 1.13 bits per heavy atom. The molecule has 6 heteroatoms. The normalized spacial score (nSPS) is 12.6. The number of carbonyl (C=O) groups is 2. The third-order valence-electron chi connectivity index (χ3n) is 13.3. The van der Waals surface area contributed by atoms with E-state index in [9.17, 15) is 19.8 Å². The summed E-state index contributed by atoms with van der Waals surface area (Å²) in [5, 5.41) is 23.1. The van der Waals surface area contributed by atoms with Crippen LogP contribution in [0, 0.1) is 0 Å². The van der Waals surface area contributed by atoms with Crippen molar-refractivity contribution in [3.8, 4) is 0 Å².